The molecule has 0 N–H and O–H groups in total. The Kier molecular flexibility index (Phi) is 5.85. The van der Waals surface area contributed by atoms with E-state index in [9.17, 15) is 18.8 Å². The molecular formula is C22H20FN3O3S. The first-order valence-corrected chi connectivity index (χ1v) is 10.4. The number of nitrogens with zero attached hydrogens (tertiary/aromatic N) is 3. The third-order valence-electron chi connectivity index (χ3n) is 5.09. The van der Waals surface area contributed by atoms with Crippen molar-refractivity contribution in [2.24, 2.45) is 0 Å². The van der Waals surface area contributed by atoms with E-state index in [-0.39, 0.29) is 18.3 Å². The number of rotatable bonds is 4. The summed E-state index contributed by atoms with van der Waals surface area (Å²) >= 11 is 0.842. The molecule has 2 saturated heterocycles. The van der Waals surface area contributed by atoms with Crippen molar-refractivity contribution in [3.8, 4) is 0 Å². The van der Waals surface area contributed by atoms with Crippen LogP contribution < -0.4 is 4.90 Å². The molecule has 0 unspecified atom stereocenters. The number of carbonyl (C=O) groups excluding carboxylic acids is 3. The molecule has 8 heteroatoms. The molecule has 0 radical (unpaired) electrons. The monoisotopic (exact) mass is 425 g/mol. The molecule has 0 atom stereocenters. The summed E-state index contributed by atoms with van der Waals surface area (Å²) in [6.07, 6.45) is 1.66. The highest BCUT2D eigenvalue weighted by molar-refractivity contribution is 8.18. The van der Waals surface area contributed by atoms with Crippen LogP contribution in [-0.2, 0) is 9.59 Å². The minimum atomic E-state index is -0.452. The maximum atomic E-state index is 14.0. The quantitative estimate of drug-likeness (QED) is 0.704. The van der Waals surface area contributed by atoms with E-state index >= 15 is 0 Å². The van der Waals surface area contributed by atoms with E-state index in [0.29, 0.717) is 36.8 Å². The fraction of sp³-hybridized carbons (Fsp3) is 0.227. The van der Waals surface area contributed by atoms with E-state index in [0.717, 1.165) is 22.2 Å². The van der Waals surface area contributed by atoms with Crippen molar-refractivity contribution in [2.75, 3.05) is 37.6 Å². The van der Waals surface area contributed by atoms with Gasteiger partial charge in [0.25, 0.3) is 11.1 Å². The lowest BCUT2D eigenvalue weighted by atomic mass is 10.2. The zero-order valence-electron chi connectivity index (χ0n) is 16.2. The summed E-state index contributed by atoms with van der Waals surface area (Å²) in [5.41, 5.74) is 1.33. The number of amides is 3. The van der Waals surface area contributed by atoms with Crippen LogP contribution in [0.2, 0.25) is 0 Å². The predicted octanol–water partition coefficient (Wildman–Crippen LogP) is 3.21. The standard InChI is InChI=1S/C22H20FN3O3S/c23-17-8-4-5-9-18(17)24-10-12-25(13-11-24)20(27)15-26-21(28)19(30-22(26)29)14-16-6-2-1-3-7-16/h1-9,14H,10-13,15H2/b19-14+. The molecule has 6 nitrogen and oxygen atoms in total. The first kappa shape index (κ1) is 20.2. The van der Waals surface area contributed by atoms with E-state index in [1.54, 1.807) is 29.2 Å². The zero-order chi connectivity index (χ0) is 21.1. The molecule has 2 aromatic carbocycles. The number of carbonyl (C=O) groups is 3. The van der Waals surface area contributed by atoms with E-state index in [2.05, 4.69) is 0 Å². The molecule has 2 heterocycles. The highest BCUT2D eigenvalue weighted by atomic mass is 32.2. The zero-order valence-corrected chi connectivity index (χ0v) is 17.0. The maximum Gasteiger partial charge on any atom is 0.294 e. The van der Waals surface area contributed by atoms with Gasteiger partial charge in [0.05, 0.1) is 10.6 Å². The number of thioether (sulfide) groups is 1. The van der Waals surface area contributed by atoms with Crippen molar-refractivity contribution in [3.05, 3.63) is 70.9 Å². The summed E-state index contributed by atoms with van der Waals surface area (Å²) in [6.45, 7) is 1.51. The smallest absolute Gasteiger partial charge is 0.294 e. The number of anilines is 1. The molecule has 2 aliphatic rings. The van der Waals surface area contributed by atoms with Gasteiger partial charge < -0.3 is 9.80 Å². The van der Waals surface area contributed by atoms with Crippen LogP contribution in [0.1, 0.15) is 5.56 Å². The summed E-state index contributed by atoms with van der Waals surface area (Å²) in [6, 6.07) is 15.8. The van der Waals surface area contributed by atoms with Gasteiger partial charge in [-0.1, -0.05) is 42.5 Å². The minimum Gasteiger partial charge on any atom is -0.366 e. The lowest BCUT2D eigenvalue weighted by molar-refractivity contribution is -0.136. The van der Waals surface area contributed by atoms with Gasteiger partial charge in [-0.05, 0) is 35.5 Å². The molecule has 0 aromatic heterocycles. The Morgan fingerprint density at radius 3 is 2.33 bits per heavy atom. The van der Waals surface area contributed by atoms with Gasteiger partial charge in [-0.25, -0.2) is 4.39 Å². The summed E-state index contributed by atoms with van der Waals surface area (Å²) in [5, 5.41) is -0.444. The second-order valence-electron chi connectivity index (χ2n) is 7.00. The number of benzene rings is 2. The highest BCUT2D eigenvalue weighted by Gasteiger charge is 2.37. The van der Waals surface area contributed by atoms with Crippen LogP contribution in [0.4, 0.5) is 14.9 Å². The second-order valence-corrected chi connectivity index (χ2v) is 7.99. The Morgan fingerprint density at radius 2 is 1.63 bits per heavy atom. The highest BCUT2D eigenvalue weighted by Crippen LogP contribution is 2.32. The van der Waals surface area contributed by atoms with Crippen molar-refractivity contribution in [1.29, 1.82) is 0 Å². The number of hydrogen-bond donors (Lipinski definition) is 0. The number of piperazine rings is 1. The average Bonchev–Trinajstić information content (AvgIpc) is 3.02. The van der Waals surface area contributed by atoms with Crippen molar-refractivity contribution in [2.45, 2.75) is 0 Å². The Bertz CT molecular complexity index is 1000. The van der Waals surface area contributed by atoms with Crippen LogP contribution in [0, 0.1) is 5.82 Å². The first-order chi connectivity index (χ1) is 14.5. The summed E-state index contributed by atoms with van der Waals surface area (Å²) in [7, 11) is 0. The fourth-order valence-corrected chi connectivity index (χ4v) is 4.32. The molecule has 0 saturated carbocycles. The SMILES string of the molecule is O=C(CN1C(=O)S/C(=C/c2ccccc2)C1=O)N1CCN(c2ccccc2F)CC1. The van der Waals surface area contributed by atoms with Gasteiger partial charge in [-0.2, -0.15) is 0 Å². The number of halogens is 1. The normalized spacial score (nSPS) is 18.4. The van der Waals surface area contributed by atoms with Crippen molar-refractivity contribution < 1.29 is 18.8 Å². The molecule has 0 spiro atoms. The molecule has 0 aliphatic carbocycles. The van der Waals surface area contributed by atoms with Gasteiger partial charge in [-0.3, -0.25) is 19.3 Å². The third-order valence-corrected chi connectivity index (χ3v) is 6.00. The summed E-state index contributed by atoms with van der Waals surface area (Å²) in [4.78, 5) is 42.4. The average molecular weight is 425 g/mol. The third kappa shape index (κ3) is 4.23. The number of imide groups is 1. The first-order valence-electron chi connectivity index (χ1n) is 9.60. The minimum absolute atomic E-state index is 0.281. The van der Waals surface area contributed by atoms with Crippen molar-refractivity contribution in [1.82, 2.24) is 9.80 Å². The van der Waals surface area contributed by atoms with Gasteiger partial charge in [-0.15, -0.1) is 0 Å². The molecule has 4 rings (SSSR count). The molecule has 2 fully saturated rings. The Labute approximate surface area is 177 Å². The van der Waals surface area contributed by atoms with Crippen LogP contribution >= 0.6 is 11.8 Å². The van der Waals surface area contributed by atoms with E-state index in [1.165, 1.54) is 6.07 Å². The van der Waals surface area contributed by atoms with Gasteiger partial charge in [0.15, 0.2) is 0 Å². The largest absolute Gasteiger partial charge is 0.366 e. The topological polar surface area (TPSA) is 60.9 Å². The van der Waals surface area contributed by atoms with Crippen LogP contribution in [0.5, 0.6) is 0 Å². The van der Waals surface area contributed by atoms with E-state index in [4.69, 9.17) is 0 Å². The lowest BCUT2D eigenvalue weighted by Gasteiger charge is -2.36. The molecule has 30 heavy (non-hydrogen) atoms. The van der Waals surface area contributed by atoms with Crippen LogP contribution in [0.15, 0.2) is 59.5 Å². The summed E-state index contributed by atoms with van der Waals surface area (Å²) in [5.74, 6) is -1.03. The van der Waals surface area contributed by atoms with Gasteiger partial charge in [0.1, 0.15) is 12.4 Å². The van der Waals surface area contributed by atoms with Crippen molar-refractivity contribution in [3.63, 3.8) is 0 Å². The van der Waals surface area contributed by atoms with Crippen LogP contribution in [0.25, 0.3) is 6.08 Å². The molecule has 2 aromatic rings. The summed E-state index contributed by atoms with van der Waals surface area (Å²) < 4.78 is 14.0. The number of para-hydroxylation sites is 1. The van der Waals surface area contributed by atoms with Gasteiger partial charge >= 0.3 is 0 Å². The molecule has 2 aliphatic heterocycles. The number of hydrogen-bond acceptors (Lipinski definition) is 5. The lowest BCUT2D eigenvalue weighted by Crippen LogP contribution is -2.51. The van der Waals surface area contributed by atoms with E-state index in [1.807, 2.05) is 35.2 Å². The molecule has 154 valence electrons. The molecule has 0 bridgehead atoms. The maximum absolute atomic E-state index is 14.0. The fourth-order valence-electron chi connectivity index (χ4n) is 3.48. The molecule has 3 amide bonds. The second kappa shape index (κ2) is 8.71. The molecular weight excluding hydrogens is 405 g/mol. The Balaban J connectivity index is 1.36. The predicted molar refractivity (Wildman–Crippen MR) is 114 cm³/mol. The van der Waals surface area contributed by atoms with Gasteiger partial charge in [0, 0.05) is 26.2 Å². The Hall–Kier alpha value is -3.13. The van der Waals surface area contributed by atoms with Gasteiger partial charge in [0.2, 0.25) is 5.91 Å². The van der Waals surface area contributed by atoms with Crippen LogP contribution in [-0.4, -0.2) is 59.6 Å². The Morgan fingerprint density at radius 1 is 0.967 bits per heavy atom. The van der Waals surface area contributed by atoms with E-state index < -0.39 is 11.1 Å². The van der Waals surface area contributed by atoms with Crippen LogP contribution in [0.3, 0.4) is 0 Å². The van der Waals surface area contributed by atoms with Crippen molar-refractivity contribution >= 4 is 40.6 Å².